The molecule has 0 radical (unpaired) electrons. The molecule has 9 heteroatoms. The first-order valence-electron chi connectivity index (χ1n) is 10.9. The summed E-state index contributed by atoms with van der Waals surface area (Å²) >= 11 is 6.15. The highest BCUT2D eigenvalue weighted by Gasteiger charge is 2.43. The molecule has 4 rings (SSSR count). The van der Waals surface area contributed by atoms with Gasteiger partial charge in [0.2, 0.25) is 21.8 Å². The van der Waals surface area contributed by atoms with Crippen LogP contribution < -0.4 is 10.2 Å². The van der Waals surface area contributed by atoms with Crippen molar-refractivity contribution in [1.29, 1.82) is 0 Å². The molecule has 0 aromatic heterocycles. The average molecular weight is 490 g/mol. The van der Waals surface area contributed by atoms with Gasteiger partial charge in [0.25, 0.3) is 0 Å². The lowest BCUT2D eigenvalue weighted by Gasteiger charge is -2.31. The van der Waals surface area contributed by atoms with Gasteiger partial charge in [0.05, 0.1) is 16.2 Å². The van der Waals surface area contributed by atoms with Crippen LogP contribution >= 0.6 is 11.6 Å². The Morgan fingerprint density at radius 1 is 1.21 bits per heavy atom. The van der Waals surface area contributed by atoms with Crippen LogP contribution in [0.1, 0.15) is 37.8 Å². The van der Waals surface area contributed by atoms with Gasteiger partial charge in [0, 0.05) is 36.5 Å². The first kappa shape index (κ1) is 23.7. The summed E-state index contributed by atoms with van der Waals surface area (Å²) in [5.41, 5.74) is 2.01. The highest BCUT2D eigenvalue weighted by Crippen LogP contribution is 2.42. The Kier molecular flexibility index (Phi) is 6.05. The minimum Gasteiger partial charge on any atom is -0.326 e. The summed E-state index contributed by atoms with van der Waals surface area (Å²) in [4.78, 5) is 27.2. The zero-order chi connectivity index (χ0) is 24.1. The van der Waals surface area contributed by atoms with Crippen LogP contribution in [0.4, 0.5) is 11.4 Å². The van der Waals surface area contributed by atoms with Crippen molar-refractivity contribution in [3.05, 3.63) is 52.5 Å². The van der Waals surface area contributed by atoms with E-state index < -0.39 is 21.4 Å². The summed E-state index contributed by atoms with van der Waals surface area (Å²) < 4.78 is 28.3. The monoisotopic (exact) mass is 489 g/mol. The van der Waals surface area contributed by atoms with E-state index in [4.69, 9.17) is 11.6 Å². The number of benzene rings is 2. The Morgan fingerprint density at radius 2 is 1.94 bits per heavy atom. The quantitative estimate of drug-likeness (QED) is 0.704. The van der Waals surface area contributed by atoms with E-state index >= 15 is 0 Å². The van der Waals surface area contributed by atoms with Gasteiger partial charge >= 0.3 is 0 Å². The predicted octanol–water partition coefficient (Wildman–Crippen LogP) is 3.94. The fraction of sp³-hybridized carbons (Fsp3) is 0.417. The number of carbonyl (C=O) groups is 2. The van der Waals surface area contributed by atoms with Gasteiger partial charge in [-0.1, -0.05) is 17.7 Å². The van der Waals surface area contributed by atoms with Gasteiger partial charge in [-0.25, -0.2) is 8.42 Å². The zero-order valence-corrected chi connectivity index (χ0v) is 20.8. The summed E-state index contributed by atoms with van der Waals surface area (Å²) in [6, 6.07) is 10.1. The molecule has 2 aliphatic rings. The maximum absolute atomic E-state index is 13.5. The lowest BCUT2D eigenvalue weighted by molar-refractivity contribution is -0.122. The van der Waals surface area contributed by atoms with Crippen LogP contribution in [-0.2, 0) is 25.0 Å². The van der Waals surface area contributed by atoms with Gasteiger partial charge in [-0.15, -0.1) is 0 Å². The average Bonchev–Trinajstić information content (AvgIpc) is 2.96. The number of halogens is 1. The van der Waals surface area contributed by atoms with E-state index in [2.05, 4.69) is 5.32 Å². The Balaban J connectivity index is 1.56. The van der Waals surface area contributed by atoms with Crippen molar-refractivity contribution < 1.29 is 18.0 Å². The molecule has 0 bridgehead atoms. The topological polar surface area (TPSA) is 86.8 Å². The number of sulfonamides is 1. The Hall–Kier alpha value is -2.42. The number of anilines is 2. The normalized spacial score (nSPS) is 20.6. The summed E-state index contributed by atoms with van der Waals surface area (Å²) in [6.45, 7) is 5.88. The number of amides is 2. The minimum absolute atomic E-state index is 0.0712. The number of nitrogens with one attached hydrogen (secondary N) is 1. The number of likely N-dealkylation sites (N-methyl/N-ethyl adjacent to an activating group) is 1. The van der Waals surface area contributed by atoms with Gasteiger partial charge in [-0.05, 0) is 75.1 Å². The van der Waals surface area contributed by atoms with Gasteiger partial charge < -0.3 is 10.2 Å². The van der Waals surface area contributed by atoms with Crippen LogP contribution in [-0.4, -0.2) is 44.7 Å². The zero-order valence-electron chi connectivity index (χ0n) is 19.2. The van der Waals surface area contributed by atoms with Crippen molar-refractivity contribution in [2.24, 2.45) is 5.92 Å². The molecule has 1 fully saturated rings. The van der Waals surface area contributed by atoms with Gasteiger partial charge in [-0.3, -0.25) is 9.59 Å². The molecule has 2 aromatic rings. The maximum atomic E-state index is 13.5. The molecule has 1 N–H and O–H groups in total. The molecule has 0 saturated carbocycles. The third-order valence-corrected chi connectivity index (χ3v) is 9.03. The summed E-state index contributed by atoms with van der Waals surface area (Å²) in [6.07, 6.45) is 1.19. The molecule has 2 amide bonds. The Bertz CT molecular complexity index is 1240. The Morgan fingerprint density at radius 3 is 2.67 bits per heavy atom. The Labute approximate surface area is 199 Å². The molecule has 0 unspecified atom stereocenters. The van der Waals surface area contributed by atoms with Crippen LogP contribution in [0.15, 0.2) is 41.3 Å². The van der Waals surface area contributed by atoms with E-state index in [-0.39, 0.29) is 23.3 Å². The lowest BCUT2D eigenvalue weighted by Crippen LogP contribution is -2.43. The molecule has 2 aromatic carbocycles. The van der Waals surface area contributed by atoms with Crippen LogP contribution in [0.25, 0.3) is 0 Å². The second-order valence-corrected chi connectivity index (χ2v) is 11.6. The molecule has 2 aliphatic heterocycles. The number of carbonyl (C=O) groups excluding carboxylic acids is 2. The molecule has 33 heavy (non-hydrogen) atoms. The van der Waals surface area contributed by atoms with Crippen LogP contribution in [0, 0.1) is 12.8 Å². The largest absolute Gasteiger partial charge is 0.326 e. The van der Waals surface area contributed by atoms with Crippen molar-refractivity contribution in [2.75, 3.05) is 30.4 Å². The van der Waals surface area contributed by atoms with Crippen molar-refractivity contribution in [3.8, 4) is 0 Å². The fourth-order valence-corrected chi connectivity index (χ4v) is 6.34. The van der Waals surface area contributed by atoms with E-state index in [1.807, 2.05) is 6.92 Å². The first-order chi connectivity index (χ1) is 15.4. The number of hydrogen-bond donors (Lipinski definition) is 1. The molecule has 7 nitrogen and oxygen atoms in total. The van der Waals surface area contributed by atoms with Gasteiger partial charge in [0.1, 0.15) is 0 Å². The maximum Gasteiger partial charge on any atom is 0.243 e. The number of hydrogen-bond acceptors (Lipinski definition) is 4. The molecular weight excluding hydrogens is 462 g/mol. The van der Waals surface area contributed by atoms with E-state index in [0.717, 1.165) is 11.3 Å². The summed E-state index contributed by atoms with van der Waals surface area (Å²) in [7, 11) is -2.13. The fourth-order valence-electron chi connectivity index (χ4n) is 4.61. The highest BCUT2D eigenvalue weighted by molar-refractivity contribution is 7.89. The van der Waals surface area contributed by atoms with Crippen molar-refractivity contribution in [3.63, 3.8) is 0 Å². The summed E-state index contributed by atoms with van der Waals surface area (Å²) in [5.74, 6) is -0.758. The van der Waals surface area contributed by atoms with E-state index in [9.17, 15) is 18.0 Å². The number of nitrogens with zero attached hydrogens (tertiary/aromatic N) is 2. The standard InChI is InChI=1S/C24H28ClN3O4S/c1-15-19(25)8-5-9-20(15)26-22(29)16-7-6-12-28(14-16)33(31,32)17-10-11-21-18(13-17)24(2,3)23(30)27(21)4/h5,8-11,13,16H,6-7,12,14H2,1-4H3,(H,26,29)/t16-/m1/s1. The second-order valence-electron chi connectivity index (χ2n) is 9.27. The number of rotatable bonds is 4. The third kappa shape index (κ3) is 4.05. The molecule has 176 valence electrons. The van der Waals surface area contributed by atoms with Crippen molar-refractivity contribution in [2.45, 2.75) is 43.9 Å². The molecule has 1 atom stereocenters. The minimum atomic E-state index is -3.82. The van der Waals surface area contributed by atoms with Crippen LogP contribution in [0.3, 0.4) is 0 Å². The molecule has 1 saturated heterocycles. The van der Waals surface area contributed by atoms with E-state index in [1.165, 1.54) is 4.31 Å². The van der Waals surface area contributed by atoms with Crippen LogP contribution in [0.5, 0.6) is 0 Å². The van der Waals surface area contributed by atoms with Gasteiger partial charge in [-0.2, -0.15) is 4.31 Å². The van der Waals surface area contributed by atoms with Gasteiger partial charge in [0.15, 0.2) is 0 Å². The summed E-state index contributed by atoms with van der Waals surface area (Å²) in [5, 5.41) is 3.46. The molecule has 2 heterocycles. The first-order valence-corrected chi connectivity index (χ1v) is 12.7. The smallest absolute Gasteiger partial charge is 0.243 e. The van der Waals surface area contributed by atoms with E-state index in [1.54, 1.807) is 62.2 Å². The highest BCUT2D eigenvalue weighted by atomic mass is 35.5. The van der Waals surface area contributed by atoms with E-state index in [0.29, 0.717) is 35.7 Å². The molecule has 0 aliphatic carbocycles. The SMILES string of the molecule is Cc1c(Cl)cccc1NC(=O)[C@@H]1CCCN(S(=O)(=O)c2ccc3c(c2)C(C)(C)C(=O)N3C)C1. The second kappa shape index (κ2) is 8.42. The number of fused-ring (bicyclic) bond motifs is 1. The van der Waals surface area contributed by atoms with Crippen molar-refractivity contribution in [1.82, 2.24) is 4.31 Å². The molecular formula is C24H28ClN3O4S. The van der Waals surface area contributed by atoms with Crippen LogP contribution in [0.2, 0.25) is 5.02 Å². The number of piperidine rings is 1. The predicted molar refractivity (Wildman–Crippen MR) is 129 cm³/mol. The molecule has 0 spiro atoms. The third-order valence-electron chi connectivity index (χ3n) is 6.76. The van der Waals surface area contributed by atoms with Crippen molar-refractivity contribution >= 4 is 44.8 Å². The lowest BCUT2D eigenvalue weighted by atomic mass is 9.86.